The number of benzene rings is 2. The van der Waals surface area contributed by atoms with Crippen LogP contribution in [0.25, 0.3) is 0 Å². The van der Waals surface area contributed by atoms with Crippen molar-refractivity contribution in [2.24, 2.45) is 0 Å². The molecule has 8 heteroatoms. The van der Waals surface area contributed by atoms with Crippen molar-refractivity contribution in [3.63, 3.8) is 0 Å². The van der Waals surface area contributed by atoms with Gasteiger partial charge in [-0.15, -0.1) is 0 Å². The predicted octanol–water partition coefficient (Wildman–Crippen LogP) is 4.82. The van der Waals surface area contributed by atoms with Crippen LogP contribution in [0.2, 0.25) is 0 Å². The highest BCUT2D eigenvalue weighted by atomic mass is 19.1. The predicted molar refractivity (Wildman–Crippen MR) is 126 cm³/mol. The zero-order valence-electron chi connectivity index (χ0n) is 18.8. The van der Waals surface area contributed by atoms with E-state index in [1.807, 2.05) is 0 Å². The average molecular weight is 464 g/mol. The van der Waals surface area contributed by atoms with Crippen LogP contribution in [0.1, 0.15) is 54.8 Å². The summed E-state index contributed by atoms with van der Waals surface area (Å²) in [6.07, 6.45) is 5.06. The molecule has 1 saturated carbocycles. The highest BCUT2D eigenvalue weighted by Crippen LogP contribution is 2.33. The molecule has 0 bridgehead atoms. The Balaban J connectivity index is 1.80. The van der Waals surface area contributed by atoms with Crippen molar-refractivity contribution in [2.45, 2.75) is 44.7 Å². The quantitative estimate of drug-likeness (QED) is 0.525. The molecule has 0 aliphatic heterocycles. The number of nitrogens with one attached hydrogen (secondary N) is 2. The molecule has 3 amide bonds. The Hall–Kier alpha value is -3.94. The molecule has 1 aliphatic rings. The lowest BCUT2D eigenvalue weighted by molar-refractivity contribution is -0.123. The Morgan fingerprint density at radius 3 is 2.32 bits per heavy atom. The van der Waals surface area contributed by atoms with Gasteiger partial charge in [-0.1, -0.05) is 31.0 Å². The van der Waals surface area contributed by atoms with E-state index in [-0.39, 0.29) is 23.3 Å². The Kier molecular flexibility index (Phi) is 7.06. The first kappa shape index (κ1) is 23.2. The minimum atomic E-state index is -1.27. The van der Waals surface area contributed by atoms with Crippen LogP contribution in [-0.2, 0) is 9.59 Å². The maximum absolute atomic E-state index is 15.0. The average Bonchev–Trinajstić information content (AvgIpc) is 3.53. The summed E-state index contributed by atoms with van der Waals surface area (Å²) >= 11 is 0. The van der Waals surface area contributed by atoms with Gasteiger partial charge in [0.15, 0.2) is 5.76 Å². The van der Waals surface area contributed by atoms with Crippen LogP contribution in [0.5, 0.6) is 0 Å². The summed E-state index contributed by atoms with van der Waals surface area (Å²) in [5.74, 6) is -1.88. The number of carbonyl (C=O) groups is 3. The van der Waals surface area contributed by atoms with Gasteiger partial charge in [0, 0.05) is 29.9 Å². The molecule has 2 N–H and O–H groups in total. The topological polar surface area (TPSA) is 91.7 Å². The number of anilines is 2. The van der Waals surface area contributed by atoms with Gasteiger partial charge in [0.05, 0.1) is 6.26 Å². The summed E-state index contributed by atoms with van der Waals surface area (Å²) in [7, 11) is 0. The van der Waals surface area contributed by atoms with Gasteiger partial charge in [0.1, 0.15) is 11.9 Å². The molecule has 3 aromatic rings. The lowest BCUT2D eigenvalue weighted by Crippen LogP contribution is -2.46. The van der Waals surface area contributed by atoms with Crippen molar-refractivity contribution < 1.29 is 23.2 Å². The van der Waals surface area contributed by atoms with Gasteiger partial charge < -0.3 is 15.1 Å². The molecule has 34 heavy (non-hydrogen) atoms. The molecule has 0 spiro atoms. The molecule has 1 heterocycles. The SMILES string of the molecule is CC(=O)Nc1ccc(N(C(=O)c2ccco2)C(C(=O)NC2CCCC2)c2ccccc2F)cc1. The van der Waals surface area contributed by atoms with E-state index in [9.17, 15) is 14.4 Å². The third kappa shape index (κ3) is 5.17. The highest BCUT2D eigenvalue weighted by Gasteiger charge is 2.37. The van der Waals surface area contributed by atoms with Gasteiger partial charge >= 0.3 is 0 Å². The second kappa shape index (κ2) is 10.3. The molecule has 7 nitrogen and oxygen atoms in total. The minimum Gasteiger partial charge on any atom is -0.459 e. The number of furan rings is 1. The van der Waals surface area contributed by atoms with E-state index in [1.165, 1.54) is 42.4 Å². The van der Waals surface area contributed by atoms with E-state index < -0.39 is 23.7 Å². The number of halogens is 1. The van der Waals surface area contributed by atoms with E-state index in [2.05, 4.69) is 10.6 Å². The van der Waals surface area contributed by atoms with Crippen molar-refractivity contribution in [3.8, 4) is 0 Å². The summed E-state index contributed by atoms with van der Waals surface area (Å²) in [6, 6.07) is 14.1. The van der Waals surface area contributed by atoms with E-state index in [1.54, 1.807) is 36.4 Å². The Labute approximate surface area is 196 Å². The first-order valence-corrected chi connectivity index (χ1v) is 11.2. The fraction of sp³-hybridized carbons (Fsp3) is 0.269. The van der Waals surface area contributed by atoms with E-state index in [0.29, 0.717) is 11.4 Å². The highest BCUT2D eigenvalue weighted by molar-refractivity contribution is 6.08. The lowest BCUT2D eigenvalue weighted by Gasteiger charge is -2.32. The van der Waals surface area contributed by atoms with Crippen molar-refractivity contribution in [2.75, 3.05) is 10.2 Å². The fourth-order valence-electron chi connectivity index (χ4n) is 4.26. The van der Waals surface area contributed by atoms with Gasteiger partial charge in [-0.05, 0) is 55.3 Å². The van der Waals surface area contributed by atoms with Gasteiger partial charge in [-0.3, -0.25) is 19.3 Å². The molecule has 1 aliphatic carbocycles. The smallest absolute Gasteiger partial charge is 0.294 e. The Morgan fingerprint density at radius 1 is 1.00 bits per heavy atom. The normalized spacial score (nSPS) is 14.4. The number of hydrogen-bond acceptors (Lipinski definition) is 4. The summed E-state index contributed by atoms with van der Waals surface area (Å²) < 4.78 is 20.3. The molecule has 1 unspecified atom stereocenters. The summed E-state index contributed by atoms with van der Waals surface area (Å²) in [4.78, 5) is 39.8. The van der Waals surface area contributed by atoms with Gasteiger partial charge in [-0.2, -0.15) is 0 Å². The van der Waals surface area contributed by atoms with Crippen LogP contribution >= 0.6 is 0 Å². The van der Waals surface area contributed by atoms with Gasteiger partial charge in [0.2, 0.25) is 11.8 Å². The molecule has 4 rings (SSSR count). The van der Waals surface area contributed by atoms with Crippen LogP contribution in [0.15, 0.2) is 71.3 Å². The van der Waals surface area contributed by atoms with Crippen LogP contribution in [0.3, 0.4) is 0 Å². The van der Waals surface area contributed by atoms with E-state index >= 15 is 4.39 Å². The zero-order valence-corrected chi connectivity index (χ0v) is 18.8. The molecule has 1 atom stereocenters. The first-order valence-electron chi connectivity index (χ1n) is 11.2. The molecule has 1 fully saturated rings. The van der Waals surface area contributed by atoms with Crippen molar-refractivity contribution in [1.29, 1.82) is 0 Å². The molecule has 176 valence electrons. The lowest BCUT2D eigenvalue weighted by atomic mass is 10.0. The first-order chi connectivity index (χ1) is 16.4. The third-order valence-electron chi connectivity index (χ3n) is 5.82. The number of rotatable bonds is 7. The van der Waals surface area contributed by atoms with Crippen molar-refractivity contribution >= 4 is 29.1 Å². The molecule has 0 radical (unpaired) electrons. The summed E-state index contributed by atoms with van der Waals surface area (Å²) in [5.41, 5.74) is 0.952. The molecular weight excluding hydrogens is 437 g/mol. The third-order valence-corrected chi connectivity index (χ3v) is 5.82. The molecule has 1 aromatic heterocycles. The van der Waals surface area contributed by atoms with Crippen LogP contribution in [0.4, 0.5) is 15.8 Å². The Morgan fingerprint density at radius 2 is 1.71 bits per heavy atom. The fourth-order valence-corrected chi connectivity index (χ4v) is 4.26. The summed E-state index contributed by atoms with van der Waals surface area (Å²) in [5, 5.41) is 5.67. The standard InChI is InChI=1S/C26H26FN3O4/c1-17(31)28-19-12-14-20(15-13-19)30(26(33)23-11-6-16-34-23)24(21-9-4-5-10-22(21)27)25(32)29-18-7-2-3-8-18/h4-6,9-16,18,24H,2-3,7-8H2,1H3,(H,28,31)(H,29,32). The van der Waals surface area contributed by atoms with Crippen LogP contribution in [0, 0.1) is 5.82 Å². The van der Waals surface area contributed by atoms with Crippen LogP contribution in [-0.4, -0.2) is 23.8 Å². The Bertz CT molecular complexity index is 1160. The van der Waals surface area contributed by atoms with Gasteiger partial charge in [0.25, 0.3) is 5.91 Å². The summed E-state index contributed by atoms with van der Waals surface area (Å²) in [6.45, 7) is 1.39. The second-order valence-corrected chi connectivity index (χ2v) is 8.29. The number of hydrogen-bond donors (Lipinski definition) is 2. The number of amides is 3. The van der Waals surface area contributed by atoms with Crippen molar-refractivity contribution in [3.05, 3.63) is 84.1 Å². The molecule has 0 saturated heterocycles. The van der Waals surface area contributed by atoms with E-state index in [4.69, 9.17) is 4.42 Å². The van der Waals surface area contributed by atoms with Gasteiger partial charge in [-0.25, -0.2) is 4.39 Å². The van der Waals surface area contributed by atoms with Crippen molar-refractivity contribution in [1.82, 2.24) is 5.32 Å². The largest absolute Gasteiger partial charge is 0.459 e. The zero-order chi connectivity index (χ0) is 24.1. The molecular formula is C26H26FN3O4. The van der Waals surface area contributed by atoms with E-state index in [0.717, 1.165) is 25.7 Å². The number of nitrogens with zero attached hydrogens (tertiary/aromatic N) is 1. The maximum Gasteiger partial charge on any atom is 0.294 e. The maximum atomic E-state index is 15.0. The minimum absolute atomic E-state index is 0.0148. The molecule has 2 aromatic carbocycles. The van der Waals surface area contributed by atoms with Crippen LogP contribution < -0.4 is 15.5 Å². The second-order valence-electron chi connectivity index (χ2n) is 8.29. The monoisotopic (exact) mass is 463 g/mol. The number of carbonyl (C=O) groups excluding carboxylic acids is 3.